The molecule has 222 valence electrons. The molecule has 3 aliphatic rings. The van der Waals surface area contributed by atoms with Crippen molar-refractivity contribution in [1.29, 1.82) is 0 Å². The highest BCUT2D eigenvalue weighted by Gasteiger charge is 2.11. The maximum absolute atomic E-state index is 2.56. The van der Waals surface area contributed by atoms with Crippen molar-refractivity contribution in [1.82, 2.24) is 0 Å². The quantitative estimate of drug-likeness (QED) is 0.306. The summed E-state index contributed by atoms with van der Waals surface area (Å²) in [5.41, 5.74) is 3.21. The van der Waals surface area contributed by atoms with Gasteiger partial charge in [0.25, 0.3) is 0 Å². The molecule has 39 heavy (non-hydrogen) atoms. The average molecular weight is 539 g/mol. The summed E-state index contributed by atoms with van der Waals surface area (Å²) in [6.07, 6.45) is 50.5. The van der Waals surface area contributed by atoms with Crippen LogP contribution in [0.5, 0.6) is 0 Å². The monoisotopic (exact) mass is 539 g/mol. The van der Waals surface area contributed by atoms with E-state index in [9.17, 15) is 0 Å². The van der Waals surface area contributed by atoms with E-state index < -0.39 is 0 Å². The summed E-state index contributed by atoms with van der Waals surface area (Å²) < 4.78 is 0. The Bertz CT molecular complexity index is 715. The number of hydrogen-bond donors (Lipinski definition) is 2. The SMILES string of the molecule is C1=CC2=C[NH+](C1)CCCCCCCCCCCCCCC1=C[NH+](CC=C1)CCCCCCCCCCCCC2. The third-order valence-corrected chi connectivity index (χ3v) is 9.38. The van der Waals surface area contributed by atoms with E-state index in [0.717, 1.165) is 0 Å². The van der Waals surface area contributed by atoms with Gasteiger partial charge in [0, 0.05) is 11.1 Å². The van der Waals surface area contributed by atoms with Crippen LogP contribution in [0.1, 0.15) is 161 Å². The first-order chi connectivity index (χ1) is 19.4. The fourth-order valence-electron chi connectivity index (χ4n) is 6.84. The van der Waals surface area contributed by atoms with Crippen molar-refractivity contribution in [3.8, 4) is 0 Å². The molecule has 0 spiro atoms. The molecule has 3 rings (SSSR count). The van der Waals surface area contributed by atoms with Gasteiger partial charge in [-0.1, -0.05) is 121 Å². The second kappa shape index (κ2) is 22.6. The lowest BCUT2D eigenvalue weighted by Gasteiger charge is -2.18. The Morgan fingerprint density at radius 3 is 0.949 bits per heavy atom. The first-order valence-corrected chi connectivity index (χ1v) is 17.8. The summed E-state index contributed by atoms with van der Waals surface area (Å²) in [6.45, 7) is 5.08. The maximum atomic E-state index is 2.56. The van der Waals surface area contributed by atoms with Crippen LogP contribution in [-0.2, 0) is 0 Å². The van der Waals surface area contributed by atoms with Crippen LogP contribution in [0, 0.1) is 0 Å². The van der Waals surface area contributed by atoms with E-state index in [1.807, 2.05) is 0 Å². The minimum absolute atomic E-state index is 1.21. The molecule has 0 radical (unpaired) electrons. The summed E-state index contributed by atoms with van der Waals surface area (Å²) in [4.78, 5) is 3.40. The molecule has 0 amide bonds. The highest BCUT2D eigenvalue weighted by Crippen LogP contribution is 2.16. The van der Waals surface area contributed by atoms with E-state index in [2.05, 4.69) is 36.7 Å². The van der Waals surface area contributed by atoms with Crippen molar-refractivity contribution in [2.45, 2.75) is 161 Å². The molecule has 2 unspecified atom stereocenters. The van der Waals surface area contributed by atoms with Gasteiger partial charge in [0.2, 0.25) is 0 Å². The number of fused-ring (bicyclic) bond motifs is 2. The number of rotatable bonds is 0. The Morgan fingerprint density at radius 1 is 0.333 bits per heavy atom. The standard InChI is InChI=1S/C37H64N2/c1-2-6-10-14-18-22-30-38-32-25-29-37(35-38)27-21-17-13-9-5-3-7-11-15-19-23-31-39-33-24-28-36(34-39)26-20-16-12-8-4-1/h24-25,28-29,34-35H,1-23,26-27,30-33H2/p+2. The molecular weight excluding hydrogens is 472 g/mol. The lowest BCUT2D eigenvalue weighted by Crippen LogP contribution is -3.07. The van der Waals surface area contributed by atoms with Crippen LogP contribution in [0.3, 0.4) is 0 Å². The normalized spacial score (nSPS) is 27.7. The summed E-state index contributed by atoms with van der Waals surface area (Å²) >= 11 is 0. The minimum Gasteiger partial charge on any atom is -0.305 e. The fraction of sp³-hybridized carbons (Fsp3) is 0.784. The Hall–Kier alpha value is -1.12. The molecule has 3 heterocycles. The number of allylic oxidation sites excluding steroid dienone is 4. The molecule has 2 N–H and O–H groups in total. The van der Waals surface area contributed by atoms with Gasteiger partial charge in [-0.25, -0.2) is 0 Å². The van der Waals surface area contributed by atoms with Crippen LogP contribution >= 0.6 is 0 Å². The third-order valence-electron chi connectivity index (χ3n) is 9.38. The Kier molecular flexibility index (Phi) is 18.7. The van der Waals surface area contributed by atoms with Crippen molar-refractivity contribution >= 4 is 0 Å². The molecule has 0 aliphatic carbocycles. The predicted octanol–water partition coefficient (Wildman–Crippen LogP) is 8.43. The van der Waals surface area contributed by atoms with Gasteiger partial charge in [-0.15, -0.1) is 0 Å². The van der Waals surface area contributed by atoms with Gasteiger partial charge in [-0.05, 0) is 63.5 Å². The molecule has 2 nitrogen and oxygen atoms in total. The van der Waals surface area contributed by atoms with E-state index in [4.69, 9.17) is 0 Å². The minimum atomic E-state index is 1.21. The van der Waals surface area contributed by atoms with Gasteiger partial charge >= 0.3 is 0 Å². The van der Waals surface area contributed by atoms with Crippen molar-refractivity contribution in [3.05, 3.63) is 47.9 Å². The van der Waals surface area contributed by atoms with Crippen LogP contribution in [0.4, 0.5) is 0 Å². The highest BCUT2D eigenvalue weighted by molar-refractivity contribution is 5.18. The number of hydrogen-bond acceptors (Lipinski definition) is 0. The molecule has 0 fully saturated rings. The molecule has 2 atom stereocenters. The van der Waals surface area contributed by atoms with Crippen LogP contribution in [0.15, 0.2) is 47.9 Å². The summed E-state index contributed by atoms with van der Waals surface area (Å²) in [6, 6.07) is 0. The Balaban J connectivity index is 1.30. The highest BCUT2D eigenvalue weighted by atomic mass is 15.1. The predicted molar refractivity (Wildman–Crippen MR) is 171 cm³/mol. The molecule has 4 bridgehead atoms. The topological polar surface area (TPSA) is 8.88 Å². The van der Waals surface area contributed by atoms with E-state index in [1.54, 1.807) is 20.9 Å². The second-order valence-corrected chi connectivity index (χ2v) is 13.1. The van der Waals surface area contributed by atoms with Crippen LogP contribution in [0.2, 0.25) is 0 Å². The van der Waals surface area contributed by atoms with Crippen LogP contribution in [0.25, 0.3) is 0 Å². The van der Waals surface area contributed by atoms with Crippen molar-refractivity contribution in [3.63, 3.8) is 0 Å². The molecule has 2 heteroatoms. The van der Waals surface area contributed by atoms with Crippen LogP contribution < -0.4 is 9.80 Å². The average Bonchev–Trinajstić information content (AvgIpc) is 2.95. The van der Waals surface area contributed by atoms with Crippen molar-refractivity contribution in [2.75, 3.05) is 26.2 Å². The summed E-state index contributed by atoms with van der Waals surface area (Å²) in [7, 11) is 0. The van der Waals surface area contributed by atoms with Crippen molar-refractivity contribution in [2.24, 2.45) is 0 Å². The van der Waals surface area contributed by atoms with Gasteiger partial charge in [0.1, 0.15) is 13.1 Å². The molecule has 0 saturated carbocycles. The number of quaternary nitrogens is 2. The lowest BCUT2D eigenvalue weighted by molar-refractivity contribution is -0.842. The van der Waals surface area contributed by atoms with Gasteiger partial charge in [0.15, 0.2) is 0 Å². The molecule has 0 aromatic heterocycles. The zero-order chi connectivity index (χ0) is 27.1. The van der Waals surface area contributed by atoms with E-state index >= 15 is 0 Å². The first-order valence-electron chi connectivity index (χ1n) is 17.8. The first kappa shape index (κ1) is 32.4. The molecule has 0 saturated heterocycles. The van der Waals surface area contributed by atoms with Gasteiger partial charge in [0.05, 0.1) is 25.5 Å². The smallest absolute Gasteiger partial charge is 0.100 e. The maximum Gasteiger partial charge on any atom is 0.100 e. The molecule has 0 aromatic carbocycles. The van der Waals surface area contributed by atoms with Gasteiger partial charge < -0.3 is 9.80 Å². The van der Waals surface area contributed by atoms with Gasteiger partial charge in [-0.2, -0.15) is 0 Å². The largest absolute Gasteiger partial charge is 0.305 e. The zero-order valence-corrected chi connectivity index (χ0v) is 26.0. The fourth-order valence-corrected chi connectivity index (χ4v) is 6.84. The molecular formula is C37H66N2+2. The number of nitrogens with one attached hydrogen (secondary N) is 2. The van der Waals surface area contributed by atoms with Crippen molar-refractivity contribution < 1.29 is 9.80 Å². The Labute approximate surface area is 244 Å². The summed E-state index contributed by atoms with van der Waals surface area (Å²) in [5.74, 6) is 0. The summed E-state index contributed by atoms with van der Waals surface area (Å²) in [5, 5.41) is 0. The molecule has 0 aromatic rings. The lowest BCUT2D eigenvalue weighted by atomic mass is 10.0. The van der Waals surface area contributed by atoms with E-state index in [-0.39, 0.29) is 0 Å². The van der Waals surface area contributed by atoms with Crippen LogP contribution in [-0.4, -0.2) is 26.2 Å². The molecule has 3 aliphatic heterocycles. The van der Waals surface area contributed by atoms with E-state index in [0.29, 0.717) is 0 Å². The Morgan fingerprint density at radius 2 is 0.615 bits per heavy atom. The van der Waals surface area contributed by atoms with Gasteiger partial charge in [-0.3, -0.25) is 0 Å². The second-order valence-electron chi connectivity index (χ2n) is 13.1. The third kappa shape index (κ3) is 16.7. The zero-order valence-electron chi connectivity index (χ0n) is 26.0. The van der Waals surface area contributed by atoms with E-state index in [1.165, 1.54) is 187 Å².